The van der Waals surface area contributed by atoms with Crippen molar-refractivity contribution in [1.82, 2.24) is 18.8 Å². The third-order valence-corrected chi connectivity index (χ3v) is 8.61. The summed E-state index contributed by atoms with van der Waals surface area (Å²) in [6, 6.07) is 35.7. The Morgan fingerprint density at radius 2 is 1.10 bits per heavy atom. The zero-order valence-corrected chi connectivity index (χ0v) is 28.1. The molecule has 8 aromatic rings. The Kier molecular flexibility index (Phi) is 9.56. The van der Waals surface area contributed by atoms with Gasteiger partial charge in [-0.25, -0.2) is 14.4 Å². The first kappa shape index (κ1) is 33.2. The molecule has 254 valence electrons. The predicted molar refractivity (Wildman–Crippen MR) is 197 cm³/mol. The van der Waals surface area contributed by atoms with Crippen LogP contribution in [0.2, 0.25) is 0 Å². The highest BCUT2D eigenvalue weighted by atomic mass is 19.1. The number of ether oxygens (including phenoxy) is 2. The Morgan fingerprint density at radius 1 is 0.549 bits per heavy atom. The van der Waals surface area contributed by atoms with E-state index in [4.69, 9.17) is 14.5 Å². The lowest BCUT2D eigenvalue weighted by atomic mass is 10.1. The molecule has 4 heterocycles. The average molecular weight is 679 g/mol. The van der Waals surface area contributed by atoms with Gasteiger partial charge in [0.15, 0.2) is 0 Å². The second-order valence-electron chi connectivity index (χ2n) is 11.9. The van der Waals surface area contributed by atoms with Gasteiger partial charge in [0.1, 0.15) is 28.6 Å². The summed E-state index contributed by atoms with van der Waals surface area (Å²) in [7, 11) is 3.27. The molecule has 0 amide bonds. The third kappa shape index (κ3) is 7.21. The molecular weight excluding hydrogens is 643 g/mol. The van der Waals surface area contributed by atoms with Crippen LogP contribution in [0, 0.1) is 5.82 Å². The summed E-state index contributed by atoms with van der Waals surface area (Å²) in [4.78, 5) is 9.30. The van der Waals surface area contributed by atoms with E-state index in [0.29, 0.717) is 5.75 Å². The zero-order valence-electron chi connectivity index (χ0n) is 28.1. The predicted octanol–water partition coefficient (Wildman–Crippen LogP) is 8.48. The molecular formula is C42H35FN4O4. The minimum absolute atomic E-state index is 0.0237. The molecule has 0 spiro atoms. The topological polar surface area (TPSA) is 93.5 Å². The number of pyridine rings is 2. The molecule has 0 aliphatic carbocycles. The molecule has 4 aromatic heterocycles. The lowest BCUT2D eigenvalue weighted by Crippen LogP contribution is -1.90. The van der Waals surface area contributed by atoms with Crippen LogP contribution >= 0.6 is 0 Å². The second kappa shape index (κ2) is 14.7. The van der Waals surface area contributed by atoms with Crippen LogP contribution in [0.15, 0.2) is 140 Å². The number of aliphatic hydroxyl groups is 2. The van der Waals surface area contributed by atoms with Crippen LogP contribution in [-0.4, -0.2) is 43.2 Å². The van der Waals surface area contributed by atoms with Crippen molar-refractivity contribution in [2.75, 3.05) is 14.2 Å². The molecule has 8 nitrogen and oxygen atoms in total. The normalized spacial score (nSPS) is 11.0. The Balaban J connectivity index is 0.000000160. The van der Waals surface area contributed by atoms with Crippen LogP contribution in [0.1, 0.15) is 11.1 Å². The Morgan fingerprint density at radius 3 is 1.65 bits per heavy atom. The lowest BCUT2D eigenvalue weighted by Gasteiger charge is -2.08. The van der Waals surface area contributed by atoms with Crippen LogP contribution in [0.4, 0.5) is 4.39 Å². The summed E-state index contributed by atoms with van der Waals surface area (Å²) in [6.45, 7) is 0.0540. The number of fused-ring (bicyclic) bond motifs is 2. The standard InChI is InChI=1S/C22H20N2O3.C20H15FN2O/c1-26-18-7-8-19(21(11-18)27-2)20-13-24-12-17(6-9-22(24)23-20)16-5-3-4-15(10-16)14-25;21-18-7-4-15(5-8-18)19-12-23-11-17(6-9-20(23)22-19)16-3-1-2-14(10-16)13-24/h3-13,25H,14H2,1-2H3;1-12,24H,13H2. The average Bonchev–Trinajstić information content (AvgIpc) is 3.82. The van der Waals surface area contributed by atoms with Crippen molar-refractivity contribution < 1.29 is 24.1 Å². The number of imidazole rings is 2. The number of benzene rings is 4. The maximum absolute atomic E-state index is 13.1. The van der Waals surface area contributed by atoms with Crippen molar-refractivity contribution in [2.24, 2.45) is 0 Å². The molecule has 0 radical (unpaired) electrons. The van der Waals surface area contributed by atoms with Crippen LogP contribution < -0.4 is 9.47 Å². The molecule has 8 rings (SSSR count). The van der Waals surface area contributed by atoms with E-state index in [0.717, 1.165) is 72.9 Å². The van der Waals surface area contributed by atoms with Crippen molar-refractivity contribution in [3.05, 3.63) is 157 Å². The lowest BCUT2D eigenvalue weighted by molar-refractivity contribution is 0.281. The van der Waals surface area contributed by atoms with Gasteiger partial charge in [-0.3, -0.25) is 0 Å². The molecule has 51 heavy (non-hydrogen) atoms. The number of nitrogens with zero attached hydrogens (tertiary/aromatic N) is 4. The van der Waals surface area contributed by atoms with Gasteiger partial charge in [0.05, 0.1) is 38.8 Å². The van der Waals surface area contributed by atoms with E-state index in [-0.39, 0.29) is 19.0 Å². The molecule has 0 saturated heterocycles. The summed E-state index contributed by atoms with van der Waals surface area (Å²) in [5.74, 6) is 1.20. The molecule has 2 N–H and O–H groups in total. The highest BCUT2D eigenvalue weighted by Crippen LogP contribution is 2.33. The maximum atomic E-state index is 13.1. The summed E-state index contributed by atoms with van der Waals surface area (Å²) in [5, 5.41) is 18.6. The number of hydrogen-bond donors (Lipinski definition) is 2. The third-order valence-electron chi connectivity index (χ3n) is 8.61. The Labute approximate surface area is 294 Å². The van der Waals surface area contributed by atoms with Gasteiger partial charge in [-0.2, -0.15) is 0 Å². The molecule has 0 bridgehead atoms. The van der Waals surface area contributed by atoms with E-state index in [2.05, 4.69) is 4.98 Å². The van der Waals surface area contributed by atoms with E-state index in [9.17, 15) is 14.6 Å². The molecule has 0 fully saturated rings. The zero-order chi connectivity index (χ0) is 35.3. The fourth-order valence-electron chi connectivity index (χ4n) is 5.92. The minimum Gasteiger partial charge on any atom is -0.497 e. The van der Waals surface area contributed by atoms with Crippen LogP contribution in [0.25, 0.3) is 56.1 Å². The minimum atomic E-state index is -0.256. The smallest absolute Gasteiger partial charge is 0.137 e. The Hall–Kier alpha value is -6.29. The number of halogens is 1. The van der Waals surface area contributed by atoms with Crippen molar-refractivity contribution in [2.45, 2.75) is 13.2 Å². The monoisotopic (exact) mass is 678 g/mol. The maximum Gasteiger partial charge on any atom is 0.137 e. The van der Waals surface area contributed by atoms with Crippen molar-refractivity contribution in [3.8, 4) is 56.3 Å². The fraction of sp³-hybridized carbons (Fsp3) is 0.0952. The summed E-state index contributed by atoms with van der Waals surface area (Å²) >= 11 is 0. The first-order chi connectivity index (χ1) is 24.9. The highest BCUT2D eigenvalue weighted by molar-refractivity contribution is 5.72. The fourth-order valence-corrected chi connectivity index (χ4v) is 5.92. The highest BCUT2D eigenvalue weighted by Gasteiger charge is 2.12. The summed E-state index contributed by atoms with van der Waals surface area (Å²) in [6.07, 6.45) is 7.96. The number of rotatable bonds is 8. The molecule has 0 aliphatic rings. The van der Waals surface area contributed by atoms with Gasteiger partial charge < -0.3 is 28.5 Å². The quantitative estimate of drug-likeness (QED) is 0.168. The van der Waals surface area contributed by atoms with Crippen LogP contribution in [0.3, 0.4) is 0 Å². The van der Waals surface area contributed by atoms with Gasteiger partial charge in [-0.15, -0.1) is 0 Å². The number of aromatic nitrogens is 4. The molecule has 0 saturated carbocycles. The van der Waals surface area contributed by atoms with E-state index >= 15 is 0 Å². The summed E-state index contributed by atoms with van der Waals surface area (Å²) < 4.78 is 27.8. The van der Waals surface area contributed by atoms with Gasteiger partial charge in [0.2, 0.25) is 0 Å². The second-order valence-corrected chi connectivity index (χ2v) is 11.9. The Bertz CT molecular complexity index is 2450. The first-order valence-electron chi connectivity index (χ1n) is 16.3. The van der Waals surface area contributed by atoms with Gasteiger partial charge in [-0.05, 0) is 106 Å². The number of methoxy groups -OCH3 is 2. The van der Waals surface area contributed by atoms with E-state index in [1.165, 1.54) is 12.1 Å². The van der Waals surface area contributed by atoms with Crippen molar-refractivity contribution in [1.29, 1.82) is 0 Å². The number of hydrogen-bond acceptors (Lipinski definition) is 6. The van der Waals surface area contributed by atoms with Crippen LogP contribution in [0.5, 0.6) is 11.5 Å². The SMILES string of the molecule is COc1ccc(-c2cn3cc(-c4cccc(CO)c4)ccc3n2)c(OC)c1.OCc1cccc(-c2ccc3nc(-c4ccc(F)cc4)cn3c2)c1. The number of aliphatic hydroxyl groups excluding tert-OH is 2. The van der Waals surface area contributed by atoms with Crippen molar-refractivity contribution >= 4 is 11.3 Å². The van der Waals surface area contributed by atoms with Gasteiger partial charge >= 0.3 is 0 Å². The largest absolute Gasteiger partial charge is 0.497 e. The molecule has 9 heteroatoms. The van der Waals surface area contributed by atoms with Gasteiger partial charge in [0.25, 0.3) is 0 Å². The molecule has 0 atom stereocenters. The van der Waals surface area contributed by atoms with E-state index < -0.39 is 0 Å². The first-order valence-corrected chi connectivity index (χ1v) is 16.3. The molecule has 0 aliphatic heterocycles. The summed E-state index contributed by atoms with van der Waals surface area (Å²) in [5.41, 5.74) is 11.1. The molecule has 4 aromatic carbocycles. The van der Waals surface area contributed by atoms with E-state index in [1.54, 1.807) is 26.4 Å². The van der Waals surface area contributed by atoms with Gasteiger partial charge in [0, 0.05) is 42.0 Å². The van der Waals surface area contributed by atoms with E-state index in [1.807, 2.05) is 125 Å². The van der Waals surface area contributed by atoms with Gasteiger partial charge in [-0.1, -0.05) is 36.4 Å². The van der Waals surface area contributed by atoms with Crippen molar-refractivity contribution in [3.63, 3.8) is 0 Å². The molecule has 0 unspecified atom stereocenters. The van der Waals surface area contributed by atoms with Crippen LogP contribution in [-0.2, 0) is 13.2 Å².